The van der Waals surface area contributed by atoms with Crippen LogP contribution in [0.15, 0.2) is 0 Å². The zero-order chi connectivity index (χ0) is 21.0. The zero-order valence-corrected chi connectivity index (χ0v) is 24.0. The van der Waals surface area contributed by atoms with Gasteiger partial charge in [-0.05, 0) is 37.8 Å². The first-order valence-electron chi connectivity index (χ1n) is 13.6. The van der Waals surface area contributed by atoms with Crippen molar-refractivity contribution in [3.8, 4) is 0 Å². The molecule has 0 aromatic rings. The minimum Gasteiger partial charge on any atom is -0.316 e. The Morgan fingerprint density at radius 2 is 0.844 bits per heavy atom. The summed E-state index contributed by atoms with van der Waals surface area (Å²) in [6.07, 6.45) is 26.6. The van der Waals surface area contributed by atoms with Crippen molar-refractivity contribution in [1.29, 1.82) is 0 Å². The van der Waals surface area contributed by atoms with E-state index >= 15 is 0 Å². The number of unbranched alkanes of at least 4 members (excludes halogenated alkanes) is 6. The third-order valence-electron chi connectivity index (χ3n) is 7.19. The third kappa shape index (κ3) is 19.5. The van der Waals surface area contributed by atoms with Crippen LogP contribution in [0.5, 0.6) is 0 Å². The van der Waals surface area contributed by atoms with E-state index in [-0.39, 0.29) is 24.8 Å². The standard InChI is InChI=1S/C26H52N2S2.2ClH/c1(5-13-25-15-7-8-16-25)3-11-19-27-21-23-29-30-24-22-28-20-12-4-2-6-14-26-17-9-10-18-26;;/h25-28H,1-24H2;2*1H. The number of hydrogen-bond acceptors (Lipinski definition) is 4. The van der Waals surface area contributed by atoms with Gasteiger partial charge in [0.15, 0.2) is 0 Å². The van der Waals surface area contributed by atoms with Crippen molar-refractivity contribution in [2.24, 2.45) is 11.8 Å². The molecule has 2 N–H and O–H groups in total. The largest absolute Gasteiger partial charge is 0.316 e. The zero-order valence-electron chi connectivity index (χ0n) is 20.8. The highest BCUT2D eigenvalue weighted by molar-refractivity contribution is 8.76. The van der Waals surface area contributed by atoms with E-state index in [1.165, 1.54) is 153 Å². The molecule has 2 rings (SSSR count). The van der Waals surface area contributed by atoms with Crippen molar-refractivity contribution in [1.82, 2.24) is 10.6 Å². The minimum atomic E-state index is 0. The molecule has 0 saturated heterocycles. The van der Waals surface area contributed by atoms with E-state index in [2.05, 4.69) is 10.6 Å². The smallest absolute Gasteiger partial charge is 0.0162 e. The lowest BCUT2D eigenvalue weighted by Crippen LogP contribution is -2.19. The van der Waals surface area contributed by atoms with Crippen LogP contribution in [0.25, 0.3) is 0 Å². The fourth-order valence-corrected chi connectivity index (χ4v) is 7.16. The molecule has 0 spiro atoms. The van der Waals surface area contributed by atoms with Gasteiger partial charge in [0.05, 0.1) is 0 Å². The monoisotopic (exact) mass is 528 g/mol. The summed E-state index contributed by atoms with van der Waals surface area (Å²) in [4.78, 5) is 0. The summed E-state index contributed by atoms with van der Waals surface area (Å²) in [5.74, 6) is 4.66. The Morgan fingerprint density at radius 3 is 1.25 bits per heavy atom. The van der Waals surface area contributed by atoms with E-state index in [1.54, 1.807) is 0 Å². The topological polar surface area (TPSA) is 24.1 Å². The van der Waals surface area contributed by atoms with Crippen LogP contribution in [0.1, 0.15) is 116 Å². The Labute approximate surface area is 221 Å². The SMILES string of the molecule is C(CCCC1CCCC1)CCNCCSSCCNCCCCCCC1CCCC1.Cl.Cl. The Hall–Kier alpha value is 1.20. The normalized spacial score (nSPS) is 16.9. The summed E-state index contributed by atoms with van der Waals surface area (Å²) in [7, 11) is 4.08. The summed E-state index contributed by atoms with van der Waals surface area (Å²) in [6.45, 7) is 4.79. The van der Waals surface area contributed by atoms with Gasteiger partial charge < -0.3 is 10.6 Å². The summed E-state index contributed by atoms with van der Waals surface area (Å²) in [5, 5.41) is 7.24. The predicted molar refractivity (Wildman–Crippen MR) is 155 cm³/mol. The molecule has 2 aliphatic carbocycles. The van der Waals surface area contributed by atoms with E-state index in [0.717, 1.165) is 11.8 Å². The summed E-state index contributed by atoms with van der Waals surface area (Å²) in [5.41, 5.74) is 0. The molecule has 0 aliphatic heterocycles. The highest BCUT2D eigenvalue weighted by Gasteiger charge is 2.14. The first-order valence-corrected chi connectivity index (χ1v) is 16.1. The molecule has 0 amide bonds. The highest BCUT2D eigenvalue weighted by Crippen LogP contribution is 2.30. The van der Waals surface area contributed by atoms with Crippen LogP contribution in [-0.4, -0.2) is 37.7 Å². The van der Waals surface area contributed by atoms with Crippen LogP contribution in [0, 0.1) is 11.8 Å². The predicted octanol–water partition coefficient (Wildman–Crippen LogP) is 8.67. The molecule has 2 saturated carbocycles. The molecule has 2 fully saturated rings. The van der Waals surface area contributed by atoms with Gasteiger partial charge in [-0.1, -0.05) is 124 Å². The lowest BCUT2D eigenvalue weighted by Gasteiger charge is -2.08. The lowest BCUT2D eigenvalue weighted by atomic mass is 9.99. The van der Waals surface area contributed by atoms with Crippen molar-refractivity contribution in [3.05, 3.63) is 0 Å². The van der Waals surface area contributed by atoms with Crippen LogP contribution in [0.3, 0.4) is 0 Å². The molecule has 194 valence electrons. The fraction of sp³-hybridized carbons (Fsp3) is 1.00. The number of nitrogens with one attached hydrogen (secondary N) is 2. The molecule has 0 aromatic heterocycles. The van der Waals surface area contributed by atoms with Crippen molar-refractivity contribution < 1.29 is 0 Å². The molecule has 2 nitrogen and oxygen atoms in total. The number of rotatable bonds is 21. The van der Waals surface area contributed by atoms with Gasteiger partial charge in [-0.25, -0.2) is 0 Å². The van der Waals surface area contributed by atoms with Crippen molar-refractivity contribution >= 4 is 46.4 Å². The Bertz CT molecular complexity index is 332. The van der Waals surface area contributed by atoms with E-state index < -0.39 is 0 Å². The van der Waals surface area contributed by atoms with Gasteiger partial charge in [0.1, 0.15) is 0 Å². The second-order valence-corrected chi connectivity index (χ2v) is 12.6. The van der Waals surface area contributed by atoms with Gasteiger partial charge in [0, 0.05) is 24.6 Å². The maximum atomic E-state index is 3.62. The van der Waals surface area contributed by atoms with Crippen LogP contribution >= 0.6 is 46.4 Å². The van der Waals surface area contributed by atoms with Crippen molar-refractivity contribution in [3.63, 3.8) is 0 Å². The van der Waals surface area contributed by atoms with Gasteiger partial charge in [0.2, 0.25) is 0 Å². The Morgan fingerprint density at radius 1 is 0.469 bits per heavy atom. The quantitative estimate of drug-likeness (QED) is 0.115. The molecule has 0 heterocycles. The van der Waals surface area contributed by atoms with Crippen molar-refractivity contribution in [2.45, 2.75) is 116 Å². The van der Waals surface area contributed by atoms with E-state index in [4.69, 9.17) is 0 Å². The minimum absolute atomic E-state index is 0. The molecule has 0 bridgehead atoms. The fourth-order valence-electron chi connectivity index (χ4n) is 5.27. The van der Waals surface area contributed by atoms with Crippen LogP contribution in [0.4, 0.5) is 0 Å². The van der Waals surface area contributed by atoms with Gasteiger partial charge in [-0.15, -0.1) is 24.8 Å². The molecule has 0 unspecified atom stereocenters. The molecule has 0 aromatic carbocycles. The third-order valence-corrected chi connectivity index (χ3v) is 9.60. The molecular formula is C26H54Cl2N2S2. The van der Waals surface area contributed by atoms with Crippen LogP contribution in [0.2, 0.25) is 0 Å². The van der Waals surface area contributed by atoms with Crippen LogP contribution in [-0.2, 0) is 0 Å². The first-order chi connectivity index (χ1) is 14.9. The summed E-state index contributed by atoms with van der Waals surface area (Å²) < 4.78 is 0. The number of halogens is 2. The maximum Gasteiger partial charge on any atom is 0.0162 e. The lowest BCUT2D eigenvalue weighted by molar-refractivity contribution is 0.463. The average molecular weight is 530 g/mol. The van der Waals surface area contributed by atoms with Gasteiger partial charge >= 0.3 is 0 Å². The highest BCUT2D eigenvalue weighted by atomic mass is 35.5. The van der Waals surface area contributed by atoms with E-state index in [0.29, 0.717) is 0 Å². The molecule has 2 aliphatic rings. The molecule has 6 heteroatoms. The first kappa shape index (κ1) is 33.2. The van der Waals surface area contributed by atoms with Gasteiger partial charge in [-0.2, -0.15) is 0 Å². The number of hydrogen-bond donors (Lipinski definition) is 2. The summed E-state index contributed by atoms with van der Waals surface area (Å²) >= 11 is 0. The molecule has 0 radical (unpaired) electrons. The molecule has 0 atom stereocenters. The van der Waals surface area contributed by atoms with Crippen molar-refractivity contribution in [2.75, 3.05) is 37.7 Å². The second-order valence-electron chi connectivity index (χ2n) is 9.85. The average Bonchev–Trinajstić information content (AvgIpc) is 3.46. The second kappa shape index (κ2) is 25.3. The molecular weight excluding hydrogens is 475 g/mol. The van der Waals surface area contributed by atoms with Gasteiger partial charge in [-0.3, -0.25) is 0 Å². The van der Waals surface area contributed by atoms with Crippen LogP contribution < -0.4 is 10.6 Å². The van der Waals surface area contributed by atoms with E-state index in [9.17, 15) is 0 Å². The Balaban J connectivity index is 0.00000480. The molecule has 32 heavy (non-hydrogen) atoms. The summed E-state index contributed by atoms with van der Waals surface area (Å²) in [6, 6.07) is 0. The van der Waals surface area contributed by atoms with E-state index in [1.807, 2.05) is 21.6 Å². The maximum absolute atomic E-state index is 3.62. The Kier molecular flexibility index (Phi) is 26.2. The van der Waals surface area contributed by atoms with Gasteiger partial charge in [0.25, 0.3) is 0 Å².